The van der Waals surface area contributed by atoms with Crippen LogP contribution in [0.25, 0.3) is 0 Å². The molecular weight excluding hydrogens is 732 g/mol. The number of nitrogens with zero attached hydrogens (tertiary/aromatic N) is 4. The maximum absolute atomic E-state index is 13.5. The average molecular weight is 789 g/mol. The number of rotatable bonds is 8. The molecule has 56 heavy (non-hydrogen) atoms. The molecule has 2 N–H and O–H groups in total. The minimum atomic E-state index is -0.886. The smallest absolute Gasteiger partial charge is 0.251 e. The van der Waals surface area contributed by atoms with E-state index in [1.54, 1.807) is 18.2 Å². The van der Waals surface area contributed by atoms with Crippen molar-refractivity contribution >= 4 is 46.8 Å². The Morgan fingerprint density at radius 1 is 0.946 bits per heavy atom. The molecule has 1 aliphatic carbocycles. The number of hydrogen-bond acceptors (Lipinski definition) is 9. The Labute approximate surface area is 336 Å². The van der Waals surface area contributed by atoms with E-state index < -0.39 is 17.4 Å². The van der Waals surface area contributed by atoms with Crippen LogP contribution < -0.4 is 20.3 Å². The third kappa shape index (κ3) is 7.77. The first-order valence-electron chi connectivity index (χ1n) is 19.1. The van der Waals surface area contributed by atoms with Crippen LogP contribution >= 0.6 is 11.6 Å². The van der Waals surface area contributed by atoms with Crippen molar-refractivity contribution in [3.8, 4) is 11.8 Å². The Bertz CT molecular complexity index is 1870. The molecule has 2 aromatic rings. The first kappa shape index (κ1) is 42.7. The van der Waals surface area contributed by atoms with Gasteiger partial charge < -0.3 is 19.9 Å². The van der Waals surface area contributed by atoms with Crippen molar-refractivity contribution in [3.05, 3.63) is 58.6 Å². The normalized spacial score (nSPS) is 25.7. The molecule has 5 amide bonds. The summed E-state index contributed by atoms with van der Waals surface area (Å²) in [5.41, 5.74) is 0.637. The van der Waals surface area contributed by atoms with E-state index in [0.29, 0.717) is 40.7 Å². The highest BCUT2D eigenvalue weighted by atomic mass is 35.5. The zero-order chi connectivity index (χ0) is 38.6. The maximum Gasteiger partial charge on any atom is 0.251 e. The van der Waals surface area contributed by atoms with Crippen molar-refractivity contribution in [2.75, 3.05) is 37.6 Å². The zero-order valence-corrected chi connectivity index (χ0v) is 32.2. The van der Waals surface area contributed by atoms with Crippen molar-refractivity contribution in [2.45, 2.75) is 106 Å². The Morgan fingerprint density at radius 3 is 2.18 bits per heavy atom. The number of carbonyl (C=O) groups is 5. The Balaban J connectivity index is 0.00000300. The Morgan fingerprint density at radius 2 is 1.59 bits per heavy atom. The van der Waals surface area contributed by atoms with Gasteiger partial charge in [0.1, 0.15) is 24.0 Å². The highest BCUT2D eigenvalue weighted by Crippen LogP contribution is 2.55. The van der Waals surface area contributed by atoms with E-state index in [1.165, 1.54) is 0 Å². The highest BCUT2D eigenvalue weighted by molar-refractivity contribution is 6.31. The highest BCUT2D eigenvalue weighted by Gasteiger charge is 2.64. The molecular formula is C43H57ClN6O6. The summed E-state index contributed by atoms with van der Waals surface area (Å²) in [6, 6.07) is 14.0. The molecule has 4 heterocycles. The second kappa shape index (κ2) is 16.2. The maximum atomic E-state index is 13.5. The number of amides is 5. The summed E-state index contributed by atoms with van der Waals surface area (Å²) in [5, 5.41) is 15.1. The molecule has 4 aliphatic heterocycles. The lowest BCUT2D eigenvalue weighted by molar-refractivity contribution is -0.164. The molecule has 4 saturated heterocycles. The van der Waals surface area contributed by atoms with Crippen LogP contribution in [0.4, 0.5) is 5.69 Å². The lowest BCUT2D eigenvalue weighted by Crippen LogP contribution is -2.74. The molecule has 1 saturated carbocycles. The van der Waals surface area contributed by atoms with Crippen LogP contribution in [-0.4, -0.2) is 90.2 Å². The average Bonchev–Trinajstić information content (AvgIpc) is 3.38. The van der Waals surface area contributed by atoms with E-state index in [2.05, 4.69) is 54.2 Å². The molecule has 1 unspecified atom stereocenters. The molecule has 7 rings (SSSR count). The van der Waals surface area contributed by atoms with Gasteiger partial charge in [-0.2, -0.15) is 5.26 Å². The van der Waals surface area contributed by atoms with Crippen LogP contribution in [-0.2, 0) is 19.2 Å². The molecule has 0 radical (unpaired) electrons. The van der Waals surface area contributed by atoms with Crippen molar-refractivity contribution in [2.24, 2.45) is 22.2 Å². The lowest BCUT2D eigenvalue weighted by Gasteiger charge is -2.63. The topological polar surface area (TPSA) is 152 Å². The van der Waals surface area contributed by atoms with Gasteiger partial charge in [0.15, 0.2) is 0 Å². The SMILES string of the molecule is C.C.CC1(C)C(NC(=O)c2ccc(N3CCC(CN4CCC5(CC4)CC(=O)N(C4CCC(=O)NC4=O)C5=O)CC3)cc2)C(C)(C)C1Oc1ccc(C#N)c(Cl)c1. The number of halogens is 1. The largest absolute Gasteiger partial charge is 0.489 e. The van der Waals surface area contributed by atoms with E-state index in [-0.39, 0.29) is 80.7 Å². The van der Waals surface area contributed by atoms with Gasteiger partial charge in [-0.25, -0.2) is 0 Å². The number of imide groups is 2. The van der Waals surface area contributed by atoms with E-state index in [0.717, 1.165) is 56.2 Å². The number of hydrogen-bond donors (Lipinski definition) is 2. The van der Waals surface area contributed by atoms with Gasteiger partial charge in [-0.1, -0.05) is 54.1 Å². The first-order chi connectivity index (χ1) is 25.6. The van der Waals surface area contributed by atoms with Gasteiger partial charge in [-0.05, 0) is 87.5 Å². The molecule has 0 aromatic heterocycles. The zero-order valence-electron chi connectivity index (χ0n) is 31.5. The predicted octanol–water partition coefficient (Wildman–Crippen LogP) is 5.96. The third-order valence-electron chi connectivity index (χ3n) is 12.8. The van der Waals surface area contributed by atoms with Gasteiger partial charge in [-0.3, -0.25) is 34.2 Å². The number of carbonyl (C=O) groups excluding carboxylic acids is 5. The van der Waals surface area contributed by atoms with Crippen molar-refractivity contribution in [1.29, 1.82) is 5.26 Å². The third-order valence-corrected chi connectivity index (χ3v) is 13.1. The van der Waals surface area contributed by atoms with Crippen LogP contribution in [0, 0.1) is 33.5 Å². The summed E-state index contributed by atoms with van der Waals surface area (Å²) in [5.74, 6) is -0.477. The van der Waals surface area contributed by atoms with Crippen LogP contribution in [0.2, 0.25) is 5.02 Å². The summed E-state index contributed by atoms with van der Waals surface area (Å²) in [6.07, 6.45) is 3.54. The van der Waals surface area contributed by atoms with E-state index in [4.69, 9.17) is 16.3 Å². The molecule has 1 spiro atoms. The summed E-state index contributed by atoms with van der Waals surface area (Å²) in [4.78, 5) is 69.9. The number of likely N-dealkylation sites (tertiary alicyclic amines) is 2. The molecule has 1 atom stereocenters. The fraction of sp³-hybridized carbons (Fsp3) is 0.581. The minimum Gasteiger partial charge on any atom is -0.489 e. The van der Waals surface area contributed by atoms with Gasteiger partial charge >= 0.3 is 0 Å². The van der Waals surface area contributed by atoms with E-state index in [1.807, 2.05) is 24.3 Å². The molecule has 302 valence electrons. The number of nitriles is 1. The molecule has 0 bridgehead atoms. The van der Waals surface area contributed by atoms with Crippen LogP contribution in [0.5, 0.6) is 5.75 Å². The lowest BCUT2D eigenvalue weighted by atomic mass is 9.49. The summed E-state index contributed by atoms with van der Waals surface area (Å²) in [6.45, 7) is 12.6. The Kier molecular flexibility index (Phi) is 12.3. The quantitative estimate of drug-likeness (QED) is 0.309. The summed E-state index contributed by atoms with van der Waals surface area (Å²) in [7, 11) is 0. The Hall–Kier alpha value is -4.47. The van der Waals surface area contributed by atoms with Crippen molar-refractivity contribution < 1.29 is 28.7 Å². The fourth-order valence-corrected chi connectivity index (χ4v) is 10.2. The van der Waals surface area contributed by atoms with Gasteiger partial charge in [0, 0.05) is 66.7 Å². The number of piperidine rings is 3. The van der Waals surface area contributed by atoms with Gasteiger partial charge in [-0.15, -0.1) is 0 Å². The van der Waals surface area contributed by atoms with E-state index >= 15 is 0 Å². The van der Waals surface area contributed by atoms with Crippen molar-refractivity contribution in [1.82, 2.24) is 20.4 Å². The fourth-order valence-electron chi connectivity index (χ4n) is 9.99. The van der Waals surface area contributed by atoms with E-state index in [9.17, 15) is 29.2 Å². The predicted molar refractivity (Wildman–Crippen MR) is 215 cm³/mol. The minimum absolute atomic E-state index is 0. The van der Waals surface area contributed by atoms with Gasteiger partial charge in [0.05, 0.1) is 16.0 Å². The second-order valence-electron chi connectivity index (χ2n) is 17.1. The number of ether oxygens (including phenoxy) is 1. The number of nitrogens with one attached hydrogen (secondary N) is 2. The van der Waals surface area contributed by atoms with Crippen LogP contribution in [0.15, 0.2) is 42.5 Å². The first-order valence-corrected chi connectivity index (χ1v) is 19.5. The number of benzene rings is 2. The summed E-state index contributed by atoms with van der Waals surface area (Å²) < 4.78 is 6.37. The molecule has 13 heteroatoms. The molecule has 5 aliphatic rings. The monoisotopic (exact) mass is 788 g/mol. The molecule has 12 nitrogen and oxygen atoms in total. The number of anilines is 1. The van der Waals surface area contributed by atoms with Crippen molar-refractivity contribution in [3.63, 3.8) is 0 Å². The van der Waals surface area contributed by atoms with Gasteiger partial charge in [0.25, 0.3) is 5.91 Å². The standard InChI is InChI=1S/C41H49ClN6O6.2CH4/c1-39(2)36(40(3,4)37(39)54-29-10-7-27(23-43)30(42)21-29)45-34(51)26-5-8-28(9-6-26)47-17-13-25(14-18-47)24-46-19-15-41(16-20-46)22-33(50)48(38(41)53)31-11-12-32(49)44-35(31)52;;/h5-10,21,25,31,36-37H,11-20,22,24H2,1-4H3,(H,45,51)(H,44,49,52);2*1H4. The van der Waals surface area contributed by atoms with Crippen LogP contribution in [0.1, 0.15) is 103 Å². The molecule has 5 fully saturated rings. The summed E-state index contributed by atoms with van der Waals surface area (Å²) >= 11 is 6.24. The van der Waals surface area contributed by atoms with Crippen LogP contribution in [0.3, 0.4) is 0 Å². The van der Waals surface area contributed by atoms with Gasteiger partial charge in [0.2, 0.25) is 23.6 Å². The second-order valence-corrected chi connectivity index (χ2v) is 17.5. The molecule has 2 aromatic carbocycles.